The van der Waals surface area contributed by atoms with Crippen LogP contribution in [-0.2, 0) is 4.79 Å². The maximum Gasteiger partial charge on any atom is 0.222 e. The fraction of sp³-hybridized carbons (Fsp3) is 0.875. The van der Waals surface area contributed by atoms with Gasteiger partial charge in [0.05, 0.1) is 0 Å². The number of amides is 1. The van der Waals surface area contributed by atoms with Crippen LogP contribution in [0, 0.1) is 0 Å². The molecule has 3 nitrogen and oxygen atoms in total. The van der Waals surface area contributed by atoms with Gasteiger partial charge in [-0.3, -0.25) is 4.79 Å². The molecule has 0 aromatic heterocycles. The molecule has 0 spiro atoms. The van der Waals surface area contributed by atoms with Crippen LogP contribution < -0.4 is 6.15 Å². The molecule has 1 amide bonds. The van der Waals surface area contributed by atoms with Gasteiger partial charge in [0.25, 0.3) is 0 Å². The van der Waals surface area contributed by atoms with E-state index in [0.717, 1.165) is 32.4 Å². The van der Waals surface area contributed by atoms with E-state index in [1.165, 1.54) is 6.42 Å². The molecule has 1 aliphatic heterocycles. The number of likely N-dealkylation sites (tertiary alicyclic amines) is 1. The number of carbonyl (C=O) groups is 1. The average molecular weight is 158 g/mol. The molecule has 1 rings (SSSR count). The highest BCUT2D eigenvalue weighted by Crippen LogP contribution is 2.09. The van der Waals surface area contributed by atoms with Gasteiger partial charge in [-0.25, -0.2) is 0 Å². The predicted octanol–water partition coefficient (Wildman–Crippen LogP) is 1.57. The molecule has 0 aliphatic carbocycles. The van der Waals surface area contributed by atoms with Crippen molar-refractivity contribution in [2.24, 2.45) is 0 Å². The van der Waals surface area contributed by atoms with Crippen molar-refractivity contribution in [1.82, 2.24) is 11.1 Å². The summed E-state index contributed by atoms with van der Waals surface area (Å²) in [6.07, 6.45) is 4.20. The van der Waals surface area contributed by atoms with E-state index >= 15 is 0 Å². The smallest absolute Gasteiger partial charge is 0.222 e. The molecule has 1 aliphatic rings. The van der Waals surface area contributed by atoms with E-state index in [0.29, 0.717) is 5.91 Å². The summed E-state index contributed by atoms with van der Waals surface area (Å²) in [4.78, 5) is 13.0. The molecule has 0 atom stereocenters. The Morgan fingerprint density at radius 3 is 2.73 bits per heavy atom. The van der Waals surface area contributed by atoms with Gasteiger partial charge in [-0.05, 0) is 12.8 Å². The van der Waals surface area contributed by atoms with Gasteiger partial charge in [0.15, 0.2) is 0 Å². The van der Waals surface area contributed by atoms with Crippen LogP contribution in [0.1, 0.15) is 32.6 Å². The minimum absolute atomic E-state index is 0. The lowest BCUT2D eigenvalue weighted by molar-refractivity contribution is -0.127. The van der Waals surface area contributed by atoms with Crippen LogP contribution in [0.5, 0.6) is 0 Å². The molecule has 66 valence electrons. The summed E-state index contributed by atoms with van der Waals surface area (Å²) in [5.41, 5.74) is 0. The van der Waals surface area contributed by atoms with Crippen molar-refractivity contribution < 1.29 is 4.79 Å². The molecule has 11 heavy (non-hydrogen) atoms. The van der Waals surface area contributed by atoms with E-state index in [2.05, 4.69) is 6.92 Å². The first kappa shape index (κ1) is 10.4. The molecule has 0 aromatic carbocycles. The van der Waals surface area contributed by atoms with Gasteiger partial charge in [-0.2, -0.15) is 0 Å². The molecular formula is C8H18N2O. The quantitative estimate of drug-likeness (QED) is 0.677. The van der Waals surface area contributed by atoms with Crippen LogP contribution in [-0.4, -0.2) is 23.9 Å². The van der Waals surface area contributed by atoms with E-state index in [9.17, 15) is 4.79 Å². The van der Waals surface area contributed by atoms with Crippen molar-refractivity contribution in [1.29, 1.82) is 0 Å². The van der Waals surface area contributed by atoms with Crippen LogP contribution in [0.3, 0.4) is 0 Å². The van der Waals surface area contributed by atoms with Gasteiger partial charge in [-0.1, -0.05) is 13.3 Å². The van der Waals surface area contributed by atoms with Crippen LogP contribution in [0.2, 0.25) is 0 Å². The zero-order chi connectivity index (χ0) is 7.40. The Bertz CT molecular complexity index is 125. The highest BCUT2D eigenvalue weighted by atomic mass is 16.2. The van der Waals surface area contributed by atoms with Crippen molar-refractivity contribution in [3.63, 3.8) is 0 Å². The zero-order valence-electron chi connectivity index (χ0n) is 7.31. The van der Waals surface area contributed by atoms with Crippen molar-refractivity contribution >= 4 is 5.91 Å². The van der Waals surface area contributed by atoms with E-state index in [1.807, 2.05) is 4.90 Å². The van der Waals surface area contributed by atoms with Gasteiger partial charge in [0.2, 0.25) is 5.91 Å². The lowest BCUT2D eigenvalue weighted by atomic mass is 10.3. The van der Waals surface area contributed by atoms with E-state index in [-0.39, 0.29) is 6.15 Å². The van der Waals surface area contributed by atoms with E-state index in [4.69, 9.17) is 0 Å². The standard InChI is InChI=1S/C8H15NO.H3N/c1-2-3-6-9-7-4-5-8(9)10;/h2-7H2,1H3;1H3. The number of nitrogens with zero attached hydrogens (tertiary/aromatic N) is 1. The molecule has 0 bridgehead atoms. The summed E-state index contributed by atoms with van der Waals surface area (Å²) in [7, 11) is 0. The first-order valence-corrected chi connectivity index (χ1v) is 4.12. The predicted molar refractivity (Wildman–Crippen MR) is 45.7 cm³/mol. The molecular weight excluding hydrogens is 140 g/mol. The summed E-state index contributed by atoms with van der Waals surface area (Å²) in [6.45, 7) is 4.13. The topological polar surface area (TPSA) is 55.3 Å². The Morgan fingerprint density at radius 2 is 2.27 bits per heavy atom. The fourth-order valence-electron chi connectivity index (χ4n) is 1.29. The molecule has 1 saturated heterocycles. The maximum atomic E-state index is 11.0. The SMILES string of the molecule is CCCCN1CCCC1=O.N. The lowest BCUT2D eigenvalue weighted by Crippen LogP contribution is -2.25. The summed E-state index contributed by atoms with van der Waals surface area (Å²) >= 11 is 0. The first-order valence-electron chi connectivity index (χ1n) is 4.12. The molecule has 0 radical (unpaired) electrons. The molecule has 3 heteroatoms. The minimum Gasteiger partial charge on any atom is -0.344 e. The minimum atomic E-state index is 0. The lowest BCUT2D eigenvalue weighted by Gasteiger charge is -2.13. The summed E-state index contributed by atoms with van der Waals surface area (Å²) in [6, 6.07) is 0. The maximum absolute atomic E-state index is 11.0. The average Bonchev–Trinajstić information content (AvgIpc) is 2.31. The van der Waals surface area contributed by atoms with Crippen molar-refractivity contribution in [2.45, 2.75) is 32.6 Å². The third kappa shape index (κ3) is 2.89. The van der Waals surface area contributed by atoms with Gasteiger partial charge in [0.1, 0.15) is 0 Å². The number of hydrogen-bond acceptors (Lipinski definition) is 2. The van der Waals surface area contributed by atoms with Crippen molar-refractivity contribution in [2.75, 3.05) is 13.1 Å². The van der Waals surface area contributed by atoms with Crippen LogP contribution in [0.15, 0.2) is 0 Å². The van der Waals surface area contributed by atoms with Gasteiger partial charge < -0.3 is 11.1 Å². The molecule has 0 unspecified atom stereocenters. The highest BCUT2D eigenvalue weighted by molar-refractivity contribution is 5.77. The number of unbranched alkanes of at least 4 members (excludes halogenated alkanes) is 1. The zero-order valence-corrected chi connectivity index (χ0v) is 7.31. The van der Waals surface area contributed by atoms with Crippen LogP contribution >= 0.6 is 0 Å². The van der Waals surface area contributed by atoms with Crippen molar-refractivity contribution in [3.8, 4) is 0 Å². The third-order valence-electron chi connectivity index (χ3n) is 1.95. The molecule has 1 fully saturated rings. The van der Waals surface area contributed by atoms with Crippen LogP contribution in [0.4, 0.5) is 0 Å². The van der Waals surface area contributed by atoms with E-state index in [1.54, 1.807) is 0 Å². The Kier molecular flexibility index (Phi) is 4.86. The Hall–Kier alpha value is -0.570. The van der Waals surface area contributed by atoms with Crippen molar-refractivity contribution in [3.05, 3.63) is 0 Å². The molecule has 0 aromatic rings. The normalized spacial score (nSPS) is 16.8. The second-order valence-corrected chi connectivity index (χ2v) is 2.84. The second kappa shape index (κ2) is 5.13. The number of carbonyl (C=O) groups excluding carboxylic acids is 1. The van der Waals surface area contributed by atoms with Gasteiger partial charge >= 0.3 is 0 Å². The third-order valence-corrected chi connectivity index (χ3v) is 1.95. The van der Waals surface area contributed by atoms with Gasteiger partial charge in [-0.15, -0.1) is 0 Å². The highest BCUT2D eigenvalue weighted by Gasteiger charge is 2.18. The first-order chi connectivity index (χ1) is 4.84. The van der Waals surface area contributed by atoms with Crippen LogP contribution in [0.25, 0.3) is 0 Å². The summed E-state index contributed by atoms with van der Waals surface area (Å²) < 4.78 is 0. The summed E-state index contributed by atoms with van der Waals surface area (Å²) in [5.74, 6) is 0.355. The second-order valence-electron chi connectivity index (χ2n) is 2.84. The monoisotopic (exact) mass is 158 g/mol. The van der Waals surface area contributed by atoms with E-state index < -0.39 is 0 Å². The number of hydrogen-bond donors (Lipinski definition) is 1. The Morgan fingerprint density at radius 1 is 1.55 bits per heavy atom. The Balaban J connectivity index is 0.000001000. The molecule has 0 saturated carbocycles. The summed E-state index contributed by atoms with van der Waals surface area (Å²) in [5, 5.41) is 0. The molecule has 3 N–H and O–H groups in total. The van der Waals surface area contributed by atoms with Gasteiger partial charge in [0, 0.05) is 19.5 Å². The number of rotatable bonds is 3. The largest absolute Gasteiger partial charge is 0.344 e. The fourth-order valence-corrected chi connectivity index (χ4v) is 1.29. The molecule has 1 heterocycles. The Labute approximate surface area is 68.3 Å².